The first-order chi connectivity index (χ1) is 12.8. The molecule has 0 bridgehead atoms. The molecule has 1 saturated heterocycles. The lowest BCUT2D eigenvalue weighted by atomic mass is 9.87. The fraction of sp³-hybridized carbons (Fsp3) is 0.429. The number of H-pyrrole nitrogens is 1. The summed E-state index contributed by atoms with van der Waals surface area (Å²) in [4.78, 5) is 17.4. The van der Waals surface area contributed by atoms with Crippen molar-refractivity contribution in [3.05, 3.63) is 47.1 Å². The summed E-state index contributed by atoms with van der Waals surface area (Å²) in [5.74, 6) is 1.81. The van der Waals surface area contributed by atoms with Crippen LogP contribution in [0.2, 0.25) is 5.02 Å². The molecule has 1 atom stereocenters. The third-order valence-corrected chi connectivity index (χ3v) is 5.57. The largest absolute Gasteiger partial charge is 0.352 e. The molecule has 1 aliphatic rings. The quantitative estimate of drug-likeness (QED) is 0.701. The molecule has 0 radical (unpaired) electrons. The van der Waals surface area contributed by atoms with Crippen LogP contribution in [0, 0.1) is 0 Å². The molecule has 1 aliphatic heterocycles. The van der Waals surface area contributed by atoms with Gasteiger partial charge in [0, 0.05) is 31.9 Å². The average molecular weight is 384 g/mol. The molecule has 0 aliphatic carbocycles. The molecule has 1 fully saturated rings. The second-order valence-electron chi connectivity index (χ2n) is 8.34. The van der Waals surface area contributed by atoms with Gasteiger partial charge in [0.05, 0.1) is 16.1 Å². The van der Waals surface area contributed by atoms with Crippen molar-refractivity contribution >= 4 is 34.4 Å². The molecule has 4 rings (SSSR count). The number of imidazole rings is 1. The number of rotatable bonds is 2. The molecule has 3 aromatic rings. The average Bonchev–Trinajstić information content (AvgIpc) is 3.04. The maximum absolute atomic E-state index is 6.33. The molecular weight excluding hydrogens is 358 g/mol. The van der Waals surface area contributed by atoms with Gasteiger partial charge in [0.15, 0.2) is 0 Å². The van der Waals surface area contributed by atoms with Gasteiger partial charge in [0.25, 0.3) is 0 Å². The Balaban J connectivity index is 1.57. The van der Waals surface area contributed by atoms with Crippen LogP contribution in [0.4, 0.5) is 11.8 Å². The number of piperazine rings is 1. The molecule has 3 heterocycles. The first-order valence-electron chi connectivity index (χ1n) is 9.45. The monoisotopic (exact) mass is 383 g/mol. The lowest BCUT2D eigenvalue weighted by molar-refractivity contribution is 0.539. The number of pyridine rings is 1. The summed E-state index contributed by atoms with van der Waals surface area (Å²) in [6.07, 6.45) is 1.80. The Morgan fingerprint density at radius 3 is 2.70 bits per heavy atom. The van der Waals surface area contributed by atoms with Gasteiger partial charge >= 0.3 is 0 Å². The van der Waals surface area contributed by atoms with Crippen LogP contribution in [0.5, 0.6) is 0 Å². The zero-order valence-corrected chi connectivity index (χ0v) is 17.1. The van der Waals surface area contributed by atoms with Crippen molar-refractivity contribution in [3.8, 4) is 0 Å². The second kappa shape index (κ2) is 6.71. The normalized spacial score (nSPS) is 18.3. The van der Waals surface area contributed by atoms with E-state index in [1.807, 2.05) is 12.1 Å². The summed E-state index contributed by atoms with van der Waals surface area (Å²) in [7, 11) is 0. The summed E-state index contributed by atoms with van der Waals surface area (Å²) in [5.41, 5.74) is 3.55. The lowest BCUT2D eigenvalue weighted by Crippen LogP contribution is -2.52. The highest BCUT2D eigenvalue weighted by molar-refractivity contribution is 6.32. The van der Waals surface area contributed by atoms with Crippen molar-refractivity contribution in [1.82, 2.24) is 15.0 Å². The molecule has 0 unspecified atom stereocenters. The Bertz CT molecular complexity index is 959. The highest BCUT2D eigenvalue weighted by Gasteiger charge is 2.27. The Labute approximate surface area is 165 Å². The van der Waals surface area contributed by atoms with E-state index in [2.05, 4.69) is 65.7 Å². The molecule has 1 aromatic carbocycles. The van der Waals surface area contributed by atoms with E-state index in [0.29, 0.717) is 11.1 Å². The van der Waals surface area contributed by atoms with Gasteiger partial charge in [-0.1, -0.05) is 38.4 Å². The van der Waals surface area contributed by atoms with Crippen LogP contribution >= 0.6 is 11.6 Å². The Morgan fingerprint density at radius 2 is 2.00 bits per heavy atom. The van der Waals surface area contributed by atoms with Crippen LogP contribution in [-0.2, 0) is 5.41 Å². The summed E-state index contributed by atoms with van der Waals surface area (Å²) < 4.78 is 0. The highest BCUT2D eigenvalue weighted by Crippen LogP contribution is 2.29. The predicted octanol–water partition coefficient (Wildman–Crippen LogP) is 4.62. The van der Waals surface area contributed by atoms with E-state index in [0.717, 1.165) is 42.4 Å². The lowest BCUT2D eigenvalue weighted by Gasteiger charge is -2.40. The number of halogens is 1. The minimum absolute atomic E-state index is 0.125. The second-order valence-corrected chi connectivity index (χ2v) is 8.75. The minimum Gasteiger partial charge on any atom is -0.352 e. The van der Waals surface area contributed by atoms with Crippen LogP contribution in [0.25, 0.3) is 11.0 Å². The van der Waals surface area contributed by atoms with E-state index < -0.39 is 0 Å². The smallest absolute Gasteiger partial charge is 0.204 e. The third kappa shape index (κ3) is 3.48. The van der Waals surface area contributed by atoms with Crippen LogP contribution in [-0.4, -0.2) is 40.6 Å². The zero-order valence-electron chi connectivity index (χ0n) is 16.3. The van der Waals surface area contributed by atoms with Gasteiger partial charge in [-0.3, -0.25) is 0 Å². The summed E-state index contributed by atoms with van der Waals surface area (Å²) in [5, 5.41) is 0.705. The van der Waals surface area contributed by atoms with Crippen LogP contribution in [0.15, 0.2) is 36.5 Å². The molecular formula is C21H26ClN5. The van der Waals surface area contributed by atoms with Crippen LogP contribution in [0.1, 0.15) is 33.3 Å². The minimum atomic E-state index is 0.125. The van der Waals surface area contributed by atoms with E-state index in [1.165, 1.54) is 5.56 Å². The maximum Gasteiger partial charge on any atom is 0.204 e. The van der Waals surface area contributed by atoms with E-state index in [4.69, 9.17) is 16.6 Å². The number of nitrogens with one attached hydrogen (secondary N) is 1. The number of aromatic amines is 1. The number of hydrogen-bond donors (Lipinski definition) is 1. The van der Waals surface area contributed by atoms with Crippen molar-refractivity contribution in [2.24, 2.45) is 0 Å². The molecule has 142 valence electrons. The predicted molar refractivity (Wildman–Crippen MR) is 113 cm³/mol. The molecule has 6 heteroatoms. The third-order valence-electron chi connectivity index (χ3n) is 5.27. The molecule has 1 N–H and O–H groups in total. The topological polar surface area (TPSA) is 48.1 Å². The number of anilines is 2. The van der Waals surface area contributed by atoms with Gasteiger partial charge in [0.2, 0.25) is 5.95 Å². The van der Waals surface area contributed by atoms with Crippen molar-refractivity contribution in [2.45, 2.75) is 39.2 Å². The number of hydrogen-bond acceptors (Lipinski definition) is 4. The van der Waals surface area contributed by atoms with E-state index in [9.17, 15) is 0 Å². The number of benzene rings is 1. The molecule has 2 aromatic heterocycles. The summed E-state index contributed by atoms with van der Waals surface area (Å²) >= 11 is 6.33. The van der Waals surface area contributed by atoms with Gasteiger partial charge in [-0.25, -0.2) is 9.97 Å². The van der Waals surface area contributed by atoms with Gasteiger partial charge in [-0.15, -0.1) is 0 Å². The van der Waals surface area contributed by atoms with Crippen molar-refractivity contribution < 1.29 is 0 Å². The van der Waals surface area contributed by atoms with E-state index in [-0.39, 0.29) is 5.41 Å². The van der Waals surface area contributed by atoms with Crippen molar-refractivity contribution in [3.63, 3.8) is 0 Å². The van der Waals surface area contributed by atoms with Crippen molar-refractivity contribution in [2.75, 3.05) is 29.4 Å². The van der Waals surface area contributed by atoms with Gasteiger partial charge in [-0.05, 0) is 42.2 Å². The van der Waals surface area contributed by atoms with Gasteiger partial charge in [0.1, 0.15) is 5.82 Å². The first-order valence-corrected chi connectivity index (χ1v) is 9.83. The fourth-order valence-corrected chi connectivity index (χ4v) is 3.91. The number of fused-ring (bicyclic) bond motifs is 1. The molecule has 5 nitrogen and oxygen atoms in total. The zero-order chi connectivity index (χ0) is 19.2. The molecule has 27 heavy (non-hydrogen) atoms. The molecule has 0 saturated carbocycles. The van der Waals surface area contributed by atoms with Gasteiger partial charge in [-0.2, -0.15) is 0 Å². The standard InChI is InChI=1S/C21H26ClN5/c1-14-13-26(19-16(22)6-5-9-23-19)10-11-27(14)20-24-17-8-7-15(21(2,3)4)12-18(17)25-20/h5-9,12,14H,10-11,13H2,1-4H3,(H,24,25)/t14-/m1/s1. The Hall–Kier alpha value is -2.27. The molecule has 0 spiro atoms. The number of aromatic nitrogens is 3. The molecule has 0 amide bonds. The first kappa shape index (κ1) is 18.1. The summed E-state index contributed by atoms with van der Waals surface area (Å²) in [6, 6.07) is 10.6. The summed E-state index contributed by atoms with van der Waals surface area (Å²) in [6.45, 7) is 11.5. The van der Waals surface area contributed by atoms with Crippen molar-refractivity contribution in [1.29, 1.82) is 0 Å². The number of nitrogens with zero attached hydrogens (tertiary/aromatic N) is 4. The van der Waals surface area contributed by atoms with E-state index >= 15 is 0 Å². The van der Waals surface area contributed by atoms with E-state index in [1.54, 1.807) is 6.20 Å². The van der Waals surface area contributed by atoms with Crippen LogP contribution in [0.3, 0.4) is 0 Å². The Kier molecular flexibility index (Phi) is 4.50. The Morgan fingerprint density at radius 1 is 1.19 bits per heavy atom. The maximum atomic E-state index is 6.33. The highest BCUT2D eigenvalue weighted by atomic mass is 35.5. The fourth-order valence-electron chi connectivity index (χ4n) is 3.67. The SMILES string of the molecule is C[C@@H]1CN(c2ncccc2Cl)CCN1c1nc2ccc(C(C)(C)C)cc2[nH]1. The van der Waals surface area contributed by atoms with Gasteiger partial charge < -0.3 is 14.8 Å². The van der Waals surface area contributed by atoms with Crippen LogP contribution < -0.4 is 9.80 Å².